The summed E-state index contributed by atoms with van der Waals surface area (Å²) >= 11 is 3.41. The number of benzene rings is 2. The van der Waals surface area contributed by atoms with E-state index in [1.807, 2.05) is 25.1 Å². The van der Waals surface area contributed by atoms with Crippen LogP contribution < -0.4 is 10.6 Å². The van der Waals surface area contributed by atoms with E-state index < -0.39 is 0 Å². The molecule has 110 valence electrons. The predicted octanol–water partition coefficient (Wildman–Crippen LogP) is 4.26. The van der Waals surface area contributed by atoms with Crippen molar-refractivity contribution in [3.05, 3.63) is 63.9 Å². The highest BCUT2D eigenvalue weighted by atomic mass is 79.9. The summed E-state index contributed by atoms with van der Waals surface area (Å²) in [6.07, 6.45) is 0.456. The lowest BCUT2D eigenvalue weighted by molar-refractivity contribution is 0.252. The van der Waals surface area contributed by atoms with Crippen molar-refractivity contribution in [2.75, 3.05) is 11.9 Å². The van der Waals surface area contributed by atoms with Crippen molar-refractivity contribution in [2.24, 2.45) is 0 Å². The highest BCUT2D eigenvalue weighted by molar-refractivity contribution is 9.10. The Balaban J connectivity index is 1.82. The quantitative estimate of drug-likeness (QED) is 0.849. The fourth-order valence-corrected chi connectivity index (χ4v) is 2.24. The summed E-state index contributed by atoms with van der Waals surface area (Å²) in [5.41, 5.74) is 2.40. The molecule has 0 aromatic heterocycles. The van der Waals surface area contributed by atoms with Crippen LogP contribution in [-0.4, -0.2) is 12.6 Å². The van der Waals surface area contributed by atoms with Crippen LogP contribution in [0, 0.1) is 12.7 Å². The van der Waals surface area contributed by atoms with E-state index in [1.165, 1.54) is 6.07 Å². The number of carbonyl (C=O) groups is 1. The van der Waals surface area contributed by atoms with Crippen LogP contribution in [0.15, 0.2) is 46.9 Å². The molecule has 0 saturated carbocycles. The zero-order chi connectivity index (χ0) is 15.2. The average Bonchev–Trinajstić information content (AvgIpc) is 2.45. The van der Waals surface area contributed by atoms with Crippen LogP contribution in [0.5, 0.6) is 0 Å². The third-order valence-corrected chi connectivity index (χ3v) is 3.92. The van der Waals surface area contributed by atoms with Gasteiger partial charge < -0.3 is 10.6 Å². The minimum absolute atomic E-state index is 0.248. The molecule has 0 bridgehead atoms. The fraction of sp³-hybridized carbons (Fsp3) is 0.188. The minimum Gasteiger partial charge on any atom is -0.338 e. The molecule has 0 atom stereocenters. The second-order valence-corrected chi connectivity index (χ2v) is 5.54. The Morgan fingerprint density at radius 1 is 1.24 bits per heavy atom. The molecule has 3 nitrogen and oxygen atoms in total. The molecule has 5 heteroatoms. The van der Waals surface area contributed by atoms with Gasteiger partial charge in [0, 0.05) is 16.7 Å². The summed E-state index contributed by atoms with van der Waals surface area (Å²) in [7, 11) is 0. The van der Waals surface area contributed by atoms with Crippen LogP contribution in [0.1, 0.15) is 11.1 Å². The van der Waals surface area contributed by atoms with Crippen LogP contribution in [0.25, 0.3) is 0 Å². The molecular weight excluding hydrogens is 335 g/mol. The molecule has 2 N–H and O–H groups in total. The van der Waals surface area contributed by atoms with Gasteiger partial charge in [0.25, 0.3) is 0 Å². The number of rotatable bonds is 4. The van der Waals surface area contributed by atoms with Crippen molar-refractivity contribution in [3.63, 3.8) is 0 Å². The van der Waals surface area contributed by atoms with Gasteiger partial charge in [-0.25, -0.2) is 9.18 Å². The maximum atomic E-state index is 13.4. The Hall–Kier alpha value is -1.88. The third-order valence-electron chi connectivity index (χ3n) is 3.07. The number of anilines is 1. The van der Waals surface area contributed by atoms with E-state index in [1.54, 1.807) is 18.2 Å². The number of aryl methyl sites for hydroxylation is 1. The highest BCUT2D eigenvalue weighted by Gasteiger charge is 2.04. The molecule has 2 rings (SSSR count). The molecular formula is C16H16BrFN2O. The van der Waals surface area contributed by atoms with Gasteiger partial charge in [0.2, 0.25) is 0 Å². The molecule has 21 heavy (non-hydrogen) atoms. The molecule has 0 aliphatic carbocycles. The summed E-state index contributed by atoms with van der Waals surface area (Å²) in [5.74, 6) is -0.248. The first-order valence-electron chi connectivity index (χ1n) is 6.60. The molecule has 2 amide bonds. The zero-order valence-corrected chi connectivity index (χ0v) is 13.2. The summed E-state index contributed by atoms with van der Waals surface area (Å²) in [6, 6.07) is 11.8. The summed E-state index contributed by atoms with van der Waals surface area (Å²) in [6.45, 7) is 2.35. The molecule has 0 unspecified atom stereocenters. The Bertz CT molecular complexity index is 646. The van der Waals surface area contributed by atoms with Gasteiger partial charge in [-0.15, -0.1) is 0 Å². The van der Waals surface area contributed by atoms with Gasteiger partial charge in [-0.3, -0.25) is 0 Å². The van der Waals surface area contributed by atoms with E-state index in [0.717, 1.165) is 10.0 Å². The van der Waals surface area contributed by atoms with Crippen molar-refractivity contribution < 1.29 is 9.18 Å². The van der Waals surface area contributed by atoms with Crippen molar-refractivity contribution in [3.8, 4) is 0 Å². The first-order valence-corrected chi connectivity index (χ1v) is 7.40. The van der Waals surface area contributed by atoms with E-state index in [0.29, 0.717) is 24.2 Å². The summed E-state index contributed by atoms with van der Waals surface area (Å²) in [4.78, 5) is 11.8. The maximum absolute atomic E-state index is 13.4. The van der Waals surface area contributed by atoms with Gasteiger partial charge >= 0.3 is 6.03 Å². The smallest absolute Gasteiger partial charge is 0.319 e. The lowest BCUT2D eigenvalue weighted by Crippen LogP contribution is -2.30. The Morgan fingerprint density at radius 3 is 2.71 bits per heavy atom. The van der Waals surface area contributed by atoms with Gasteiger partial charge in [-0.05, 0) is 42.7 Å². The standard InChI is InChI=1S/C16H16BrFN2O/c1-11-6-7-13(10-14(11)17)20-16(21)19-9-8-12-4-2-3-5-15(12)18/h2-7,10H,8-9H2,1H3,(H2,19,20,21). The Kier molecular flexibility index (Phi) is 5.33. The minimum atomic E-state index is -0.304. The number of urea groups is 1. The second-order valence-electron chi connectivity index (χ2n) is 4.69. The third kappa shape index (κ3) is 4.56. The van der Waals surface area contributed by atoms with Crippen LogP contribution in [0.2, 0.25) is 0 Å². The molecule has 0 aliphatic rings. The number of halogens is 2. The van der Waals surface area contributed by atoms with Crippen molar-refractivity contribution in [1.82, 2.24) is 5.32 Å². The topological polar surface area (TPSA) is 41.1 Å². The summed E-state index contributed by atoms with van der Waals surface area (Å²) < 4.78 is 14.3. The van der Waals surface area contributed by atoms with E-state index in [2.05, 4.69) is 26.6 Å². The molecule has 2 aromatic rings. The van der Waals surface area contributed by atoms with E-state index in [9.17, 15) is 9.18 Å². The van der Waals surface area contributed by atoms with Crippen molar-refractivity contribution in [1.29, 1.82) is 0 Å². The molecule has 0 saturated heterocycles. The fourth-order valence-electron chi connectivity index (χ4n) is 1.86. The number of hydrogen-bond donors (Lipinski definition) is 2. The second kappa shape index (κ2) is 7.22. The van der Waals surface area contributed by atoms with Crippen LogP contribution in [-0.2, 0) is 6.42 Å². The first-order chi connectivity index (χ1) is 10.1. The number of amides is 2. The average molecular weight is 351 g/mol. The molecule has 0 radical (unpaired) electrons. The van der Waals surface area contributed by atoms with Gasteiger partial charge in [-0.2, -0.15) is 0 Å². The maximum Gasteiger partial charge on any atom is 0.319 e. The van der Waals surface area contributed by atoms with Gasteiger partial charge in [0.15, 0.2) is 0 Å². The monoisotopic (exact) mass is 350 g/mol. The van der Waals surface area contributed by atoms with E-state index in [4.69, 9.17) is 0 Å². The largest absolute Gasteiger partial charge is 0.338 e. The van der Waals surface area contributed by atoms with E-state index in [-0.39, 0.29) is 11.8 Å². The molecule has 0 spiro atoms. The zero-order valence-electron chi connectivity index (χ0n) is 11.6. The SMILES string of the molecule is Cc1ccc(NC(=O)NCCc2ccccc2F)cc1Br. The van der Waals surface area contributed by atoms with E-state index >= 15 is 0 Å². The number of carbonyl (C=O) groups excluding carboxylic acids is 1. The Labute approximate surface area is 131 Å². The molecule has 0 heterocycles. The molecule has 0 aliphatic heterocycles. The normalized spacial score (nSPS) is 10.2. The summed E-state index contributed by atoms with van der Waals surface area (Å²) in [5, 5.41) is 5.45. The Morgan fingerprint density at radius 2 is 2.00 bits per heavy atom. The van der Waals surface area contributed by atoms with Crippen LogP contribution in [0.3, 0.4) is 0 Å². The highest BCUT2D eigenvalue weighted by Crippen LogP contribution is 2.20. The number of hydrogen-bond acceptors (Lipinski definition) is 1. The van der Waals surface area contributed by atoms with Crippen LogP contribution in [0.4, 0.5) is 14.9 Å². The lowest BCUT2D eigenvalue weighted by Gasteiger charge is -2.09. The van der Waals surface area contributed by atoms with Gasteiger partial charge in [-0.1, -0.05) is 40.2 Å². The van der Waals surface area contributed by atoms with Crippen molar-refractivity contribution >= 4 is 27.6 Å². The number of nitrogens with one attached hydrogen (secondary N) is 2. The first kappa shape index (κ1) is 15.5. The lowest BCUT2D eigenvalue weighted by atomic mass is 10.1. The van der Waals surface area contributed by atoms with Gasteiger partial charge in [0.05, 0.1) is 0 Å². The van der Waals surface area contributed by atoms with Crippen LogP contribution >= 0.6 is 15.9 Å². The molecule has 2 aromatic carbocycles. The predicted molar refractivity (Wildman–Crippen MR) is 86.0 cm³/mol. The van der Waals surface area contributed by atoms with Gasteiger partial charge in [0.1, 0.15) is 5.82 Å². The van der Waals surface area contributed by atoms with Crippen molar-refractivity contribution in [2.45, 2.75) is 13.3 Å². The molecule has 0 fully saturated rings.